The van der Waals surface area contributed by atoms with Gasteiger partial charge in [0.2, 0.25) is 5.91 Å². The van der Waals surface area contributed by atoms with Crippen LogP contribution in [-0.4, -0.2) is 46.9 Å². The molecule has 2 fully saturated rings. The van der Waals surface area contributed by atoms with Gasteiger partial charge in [-0.05, 0) is 36.8 Å². The molecule has 1 saturated heterocycles. The highest BCUT2D eigenvalue weighted by Gasteiger charge is 2.34. The van der Waals surface area contributed by atoms with Crippen LogP contribution in [0.15, 0.2) is 29.1 Å². The Balaban J connectivity index is 1.46. The number of aromatic nitrogens is 1. The average molecular weight is 325 g/mol. The van der Waals surface area contributed by atoms with E-state index in [9.17, 15) is 9.59 Å². The van der Waals surface area contributed by atoms with E-state index in [1.165, 1.54) is 0 Å². The zero-order chi connectivity index (χ0) is 16.7. The van der Waals surface area contributed by atoms with E-state index in [0.29, 0.717) is 18.4 Å². The second-order valence-corrected chi connectivity index (χ2v) is 7.04. The summed E-state index contributed by atoms with van der Waals surface area (Å²) in [7, 11) is 0. The predicted octanol–water partition coefficient (Wildman–Crippen LogP) is 1.89. The van der Waals surface area contributed by atoms with Crippen LogP contribution in [0.4, 0.5) is 0 Å². The van der Waals surface area contributed by atoms with E-state index < -0.39 is 0 Å². The number of nitrogens with zero attached hydrogens (tertiary/aromatic N) is 2. The topological polar surface area (TPSA) is 56.4 Å². The van der Waals surface area contributed by atoms with Gasteiger partial charge >= 0.3 is 0 Å². The van der Waals surface area contributed by atoms with Crippen LogP contribution in [-0.2, 0) is 11.3 Å². The Kier molecular flexibility index (Phi) is 3.88. The lowest BCUT2D eigenvalue weighted by atomic mass is 10.1. The lowest BCUT2D eigenvalue weighted by Crippen LogP contribution is -2.49. The zero-order valence-corrected chi connectivity index (χ0v) is 14.0. The molecular weight excluding hydrogens is 302 g/mol. The molecule has 2 aromatic rings. The normalized spacial score (nSPS) is 19.0. The van der Waals surface area contributed by atoms with Crippen LogP contribution in [0.3, 0.4) is 0 Å². The van der Waals surface area contributed by atoms with Crippen LogP contribution < -0.4 is 5.56 Å². The number of hydrogen-bond donors (Lipinski definition) is 1. The average Bonchev–Trinajstić information content (AvgIpc) is 3.42. The van der Waals surface area contributed by atoms with E-state index in [1.807, 2.05) is 36.1 Å². The number of benzene rings is 1. The summed E-state index contributed by atoms with van der Waals surface area (Å²) in [6.07, 6.45) is 2.12. The van der Waals surface area contributed by atoms with Crippen LogP contribution >= 0.6 is 0 Å². The van der Waals surface area contributed by atoms with E-state index in [-0.39, 0.29) is 5.56 Å². The fourth-order valence-corrected chi connectivity index (χ4v) is 3.50. The van der Waals surface area contributed by atoms with Crippen LogP contribution in [0.5, 0.6) is 0 Å². The van der Waals surface area contributed by atoms with Crippen molar-refractivity contribution in [3.05, 3.63) is 45.7 Å². The predicted molar refractivity (Wildman–Crippen MR) is 93.9 cm³/mol. The third kappa shape index (κ3) is 2.96. The first kappa shape index (κ1) is 15.4. The molecule has 2 aliphatic rings. The van der Waals surface area contributed by atoms with Crippen LogP contribution in [0.1, 0.15) is 24.0 Å². The van der Waals surface area contributed by atoms with Gasteiger partial charge in [-0.3, -0.25) is 14.5 Å². The number of pyridine rings is 1. The monoisotopic (exact) mass is 325 g/mol. The largest absolute Gasteiger partial charge is 0.340 e. The van der Waals surface area contributed by atoms with E-state index in [0.717, 1.165) is 61.1 Å². The number of aryl methyl sites for hydroxylation is 1. The van der Waals surface area contributed by atoms with Gasteiger partial charge in [-0.25, -0.2) is 0 Å². The van der Waals surface area contributed by atoms with Crippen LogP contribution in [0.25, 0.3) is 10.9 Å². The van der Waals surface area contributed by atoms with Crippen molar-refractivity contribution in [3.63, 3.8) is 0 Å². The standard InChI is InChI=1S/C19H23N3O2/c1-13-3-2-4-15-11-16(18(23)20-17(13)15)12-21-7-9-22(10-8-21)19(24)14-5-6-14/h2-4,11,14H,5-10,12H2,1H3,(H,20,23). The molecule has 1 aliphatic carbocycles. The molecule has 126 valence electrons. The maximum Gasteiger partial charge on any atom is 0.252 e. The molecule has 5 heteroatoms. The van der Waals surface area contributed by atoms with Gasteiger partial charge in [0.1, 0.15) is 0 Å². The molecule has 0 unspecified atom stereocenters. The van der Waals surface area contributed by atoms with Crippen LogP contribution in [0, 0.1) is 12.8 Å². The molecule has 1 aromatic heterocycles. The third-order valence-electron chi connectivity index (χ3n) is 5.17. The van der Waals surface area contributed by atoms with Gasteiger partial charge in [0.25, 0.3) is 5.56 Å². The Labute approximate surface area is 141 Å². The molecule has 1 aromatic carbocycles. The molecule has 1 aliphatic heterocycles. The lowest BCUT2D eigenvalue weighted by Gasteiger charge is -2.34. The first-order valence-electron chi connectivity index (χ1n) is 8.74. The minimum absolute atomic E-state index is 0.00622. The fraction of sp³-hybridized carbons (Fsp3) is 0.474. The minimum atomic E-state index is -0.00622. The minimum Gasteiger partial charge on any atom is -0.340 e. The number of nitrogens with one attached hydrogen (secondary N) is 1. The maximum absolute atomic E-state index is 12.4. The molecule has 24 heavy (non-hydrogen) atoms. The van der Waals surface area contributed by atoms with E-state index in [4.69, 9.17) is 0 Å². The highest BCUT2D eigenvalue weighted by Crippen LogP contribution is 2.31. The number of amides is 1. The highest BCUT2D eigenvalue weighted by molar-refractivity contribution is 5.82. The first-order chi connectivity index (χ1) is 11.6. The molecule has 0 spiro atoms. The van der Waals surface area contributed by atoms with E-state index >= 15 is 0 Å². The van der Waals surface area contributed by atoms with Crippen LogP contribution in [0.2, 0.25) is 0 Å². The van der Waals surface area contributed by atoms with Gasteiger partial charge < -0.3 is 9.88 Å². The molecule has 0 radical (unpaired) electrons. The molecular formula is C19H23N3O2. The molecule has 0 atom stereocenters. The summed E-state index contributed by atoms with van der Waals surface area (Å²) in [5.41, 5.74) is 2.80. The number of carbonyl (C=O) groups is 1. The summed E-state index contributed by atoms with van der Waals surface area (Å²) in [6.45, 7) is 5.88. The summed E-state index contributed by atoms with van der Waals surface area (Å²) in [6, 6.07) is 8.06. The summed E-state index contributed by atoms with van der Waals surface area (Å²) >= 11 is 0. The third-order valence-corrected chi connectivity index (χ3v) is 5.17. The van der Waals surface area contributed by atoms with Crippen molar-refractivity contribution in [3.8, 4) is 0 Å². The Hall–Kier alpha value is -2.14. The number of para-hydroxylation sites is 1. The van der Waals surface area contributed by atoms with Crippen molar-refractivity contribution in [2.24, 2.45) is 5.92 Å². The smallest absolute Gasteiger partial charge is 0.252 e. The van der Waals surface area contributed by atoms with E-state index in [1.54, 1.807) is 0 Å². The van der Waals surface area contributed by atoms with E-state index in [2.05, 4.69) is 9.88 Å². The zero-order valence-electron chi connectivity index (χ0n) is 14.0. The SMILES string of the molecule is Cc1cccc2cc(CN3CCN(C(=O)C4CC4)CC3)c(=O)[nH]c12. The molecule has 0 bridgehead atoms. The second kappa shape index (κ2) is 6.06. The second-order valence-electron chi connectivity index (χ2n) is 7.04. The van der Waals surface area contributed by atoms with Crippen molar-refractivity contribution in [2.75, 3.05) is 26.2 Å². The van der Waals surface area contributed by atoms with Gasteiger partial charge in [0.15, 0.2) is 0 Å². The van der Waals surface area contributed by atoms with Crippen molar-refractivity contribution >= 4 is 16.8 Å². The van der Waals surface area contributed by atoms with Crippen molar-refractivity contribution < 1.29 is 4.79 Å². The summed E-state index contributed by atoms with van der Waals surface area (Å²) in [5.74, 6) is 0.622. The Morgan fingerprint density at radius 1 is 1.21 bits per heavy atom. The van der Waals surface area contributed by atoms with Crippen molar-refractivity contribution in [2.45, 2.75) is 26.3 Å². The van der Waals surface area contributed by atoms with Gasteiger partial charge in [0.05, 0.1) is 5.52 Å². The number of aromatic amines is 1. The summed E-state index contributed by atoms with van der Waals surface area (Å²) in [5, 5.41) is 1.08. The molecule has 1 saturated carbocycles. The summed E-state index contributed by atoms with van der Waals surface area (Å²) in [4.78, 5) is 31.8. The first-order valence-corrected chi connectivity index (χ1v) is 8.74. The van der Waals surface area contributed by atoms with Gasteiger partial charge in [0, 0.05) is 44.2 Å². The number of rotatable bonds is 3. The molecule has 4 rings (SSSR count). The van der Waals surface area contributed by atoms with Crippen molar-refractivity contribution in [1.82, 2.24) is 14.8 Å². The molecule has 2 heterocycles. The number of carbonyl (C=O) groups excluding carboxylic acids is 1. The summed E-state index contributed by atoms with van der Waals surface area (Å²) < 4.78 is 0. The number of fused-ring (bicyclic) bond motifs is 1. The molecule has 1 N–H and O–H groups in total. The number of hydrogen-bond acceptors (Lipinski definition) is 3. The maximum atomic E-state index is 12.4. The Morgan fingerprint density at radius 3 is 2.67 bits per heavy atom. The fourth-order valence-electron chi connectivity index (χ4n) is 3.50. The van der Waals surface area contributed by atoms with Gasteiger partial charge in [-0.1, -0.05) is 18.2 Å². The lowest BCUT2D eigenvalue weighted by molar-refractivity contribution is -0.134. The number of H-pyrrole nitrogens is 1. The molecule has 1 amide bonds. The number of piperazine rings is 1. The van der Waals surface area contributed by atoms with Gasteiger partial charge in [-0.2, -0.15) is 0 Å². The molecule has 5 nitrogen and oxygen atoms in total. The quantitative estimate of drug-likeness (QED) is 0.937. The highest BCUT2D eigenvalue weighted by atomic mass is 16.2. The van der Waals surface area contributed by atoms with Crippen molar-refractivity contribution in [1.29, 1.82) is 0 Å². The Bertz CT molecular complexity index is 830. The Morgan fingerprint density at radius 2 is 1.96 bits per heavy atom. The van der Waals surface area contributed by atoms with Gasteiger partial charge in [-0.15, -0.1) is 0 Å².